The molecule has 110 valence electrons. The Morgan fingerprint density at radius 3 is 2.90 bits per heavy atom. The first-order valence-corrected chi connectivity index (χ1v) is 6.73. The Balaban J connectivity index is 2.14. The standard InChI is InChI=1S/C14H14ClN3O3/c1-2-7-21-12-5-6-16-14(18-12)17-9-3-4-10(13(19)20)11(15)8-9/h3-6,8H,2,7H2,1H3,(H,19,20)(H,16,17,18). The van der Waals surface area contributed by atoms with Gasteiger partial charge in [0.1, 0.15) is 0 Å². The summed E-state index contributed by atoms with van der Waals surface area (Å²) in [6.07, 6.45) is 2.46. The molecular formula is C14H14ClN3O3. The Kier molecular flexibility index (Phi) is 4.94. The van der Waals surface area contributed by atoms with Crippen molar-refractivity contribution in [3.05, 3.63) is 41.0 Å². The van der Waals surface area contributed by atoms with Crippen LogP contribution < -0.4 is 10.1 Å². The van der Waals surface area contributed by atoms with Crippen LogP contribution in [0.15, 0.2) is 30.5 Å². The van der Waals surface area contributed by atoms with Crippen LogP contribution in [0.4, 0.5) is 11.6 Å². The summed E-state index contributed by atoms with van der Waals surface area (Å²) in [5, 5.41) is 12.0. The van der Waals surface area contributed by atoms with Crippen LogP contribution in [0.5, 0.6) is 5.88 Å². The molecule has 21 heavy (non-hydrogen) atoms. The molecule has 2 rings (SSSR count). The molecule has 0 aliphatic rings. The number of hydrogen-bond donors (Lipinski definition) is 2. The van der Waals surface area contributed by atoms with E-state index in [9.17, 15) is 4.79 Å². The van der Waals surface area contributed by atoms with E-state index >= 15 is 0 Å². The van der Waals surface area contributed by atoms with Gasteiger partial charge in [0.25, 0.3) is 0 Å². The van der Waals surface area contributed by atoms with Crippen LogP contribution in [-0.2, 0) is 0 Å². The molecule has 2 aromatic rings. The third kappa shape index (κ3) is 4.06. The Labute approximate surface area is 126 Å². The molecule has 0 aliphatic carbocycles. The molecule has 0 atom stereocenters. The molecule has 0 unspecified atom stereocenters. The maximum atomic E-state index is 10.9. The van der Waals surface area contributed by atoms with E-state index in [-0.39, 0.29) is 10.6 Å². The highest BCUT2D eigenvalue weighted by molar-refractivity contribution is 6.33. The molecule has 0 saturated carbocycles. The lowest BCUT2D eigenvalue weighted by Crippen LogP contribution is -2.02. The third-order valence-electron chi connectivity index (χ3n) is 2.54. The van der Waals surface area contributed by atoms with Crippen molar-refractivity contribution < 1.29 is 14.6 Å². The first-order valence-electron chi connectivity index (χ1n) is 6.36. The molecule has 1 aromatic heterocycles. The Morgan fingerprint density at radius 1 is 1.43 bits per heavy atom. The number of carboxylic acid groups (broad SMARTS) is 1. The van der Waals surface area contributed by atoms with Gasteiger partial charge in [-0.3, -0.25) is 0 Å². The smallest absolute Gasteiger partial charge is 0.337 e. The van der Waals surface area contributed by atoms with E-state index in [1.54, 1.807) is 18.3 Å². The minimum atomic E-state index is -1.07. The van der Waals surface area contributed by atoms with Gasteiger partial charge >= 0.3 is 5.97 Å². The topological polar surface area (TPSA) is 84.3 Å². The van der Waals surface area contributed by atoms with Crippen molar-refractivity contribution in [1.82, 2.24) is 9.97 Å². The third-order valence-corrected chi connectivity index (χ3v) is 2.85. The quantitative estimate of drug-likeness (QED) is 0.851. The Morgan fingerprint density at radius 2 is 2.24 bits per heavy atom. The normalized spacial score (nSPS) is 10.2. The Hall–Kier alpha value is -2.34. The number of rotatable bonds is 6. The van der Waals surface area contributed by atoms with Gasteiger partial charge in [0.2, 0.25) is 11.8 Å². The fraction of sp³-hybridized carbons (Fsp3) is 0.214. The van der Waals surface area contributed by atoms with E-state index in [0.29, 0.717) is 24.1 Å². The zero-order valence-electron chi connectivity index (χ0n) is 11.3. The number of aromatic nitrogens is 2. The summed E-state index contributed by atoms with van der Waals surface area (Å²) in [4.78, 5) is 19.1. The monoisotopic (exact) mass is 307 g/mol. The molecular weight excluding hydrogens is 294 g/mol. The predicted molar refractivity (Wildman–Crippen MR) is 79.5 cm³/mol. The Bertz CT molecular complexity index is 649. The van der Waals surface area contributed by atoms with Crippen LogP contribution in [0.1, 0.15) is 23.7 Å². The van der Waals surface area contributed by atoms with Gasteiger partial charge in [0, 0.05) is 18.0 Å². The number of carbonyl (C=O) groups is 1. The van der Waals surface area contributed by atoms with Crippen LogP contribution in [0, 0.1) is 0 Å². The van der Waals surface area contributed by atoms with Gasteiger partial charge in [-0.1, -0.05) is 18.5 Å². The van der Waals surface area contributed by atoms with Crippen molar-refractivity contribution in [3.63, 3.8) is 0 Å². The molecule has 0 amide bonds. The van der Waals surface area contributed by atoms with Crippen molar-refractivity contribution in [3.8, 4) is 5.88 Å². The summed E-state index contributed by atoms with van der Waals surface area (Å²) in [6.45, 7) is 2.59. The molecule has 6 nitrogen and oxygen atoms in total. The summed E-state index contributed by atoms with van der Waals surface area (Å²) in [5.41, 5.74) is 0.640. The molecule has 0 fully saturated rings. The second kappa shape index (κ2) is 6.90. The van der Waals surface area contributed by atoms with Gasteiger partial charge in [-0.05, 0) is 24.6 Å². The van der Waals surface area contributed by atoms with Gasteiger partial charge in [-0.2, -0.15) is 4.98 Å². The van der Waals surface area contributed by atoms with Gasteiger partial charge < -0.3 is 15.2 Å². The number of ether oxygens (including phenoxy) is 1. The van der Waals surface area contributed by atoms with Crippen LogP contribution >= 0.6 is 11.6 Å². The molecule has 0 radical (unpaired) electrons. The van der Waals surface area contributed by atoms with Crippen LogP contribution in [0.3, 0.4) is 0 Å². The molecule has 1 heterocycles. The summed E-state index contributed by atoms with van der Waals surface area (Å²) in [7, 11) is 0. The zero-order valence-corrected chi connectivity index (χ0v) is 12.1. The fourth-order valence-corrected chi connectivity index (χ4v) is 1.85. The SMILES string of the molecule is CCCOc1ccnc(Nc2ccc(C(=O)O)c(Cl)c2)n1. The summed E-state index contributed by atoms with van der Waals surface area (Å²) >= 11 is 5.90. The highest BCUT2D eigenvalue weighted by Crippen LogP contribution is 2.23. The van der Waals surface area contributed by atoms with Crippen molar-refractivity contribution in [2.24, 2.45) is 0 Å². The molecule has 0 saturated heterocycles. The van der Waals surface area contributed by atoms with E-state index in [1.807, 2.05) is 6.92 Å². The zero-order chi connectivity index (χ0) is 15.2. The number of anilines is 2. The molecule has 0 aliphatic heterocycles. The minimum absolute atomic E-state index is 0.0446. The lowest BCUT2D eigenvalue weighted by atomic mass is 10.2. The maximum Gasteiger partial charge on any atom is 0.337 e. The summed E-state index contributed by atoms with van der Waals surface area (Å²) in [6, 6.07) is 6.19. The second-order valence-corrected chi connectivity index (χ2v) is 4.60. The number of aromatic carboxylic acids is 1. The number of nitrogens with one attached hydrogen (secondary N) is 1. The largest absolute Gasteiger partial charge is 0.478 e. The number of nitrogens with zero attached hydrogens (tertiary/aromatic N) is 2. The van der Waals surface area contributed by atoms with E-state index < -0.39 is 5.97 Å². The first-order chi connectivity index (χ1) is 10.1. The molecule has 0 spiro atoms. The number of carboxylic acids is 1. The highest BCUT2D eigenvalue weighted by Gasteiger charge is 2.09. The van der Waals surface area contributed by atoms with Crippen molar-refractivity contribution in [1.29, 1.82) is 0 Å². The van der Waals surface area contributed by atoms with Gasteiger partial charge in [0.15, 0.2) is 0 Å². The maximum absolute atomic E-state index is 10.9. The van der Waals surface area contributed by atoms with Crippen LogP contribution in [0.25, 0.3) is 0 Å². The first kappa shape index (κ1) is 15.1. The highest BCUT2D eigenvalue weighted by atomic mass is 35.5. The predicted octanol–water partition coefficient (Wildman–Crippen LogP) is 3.36. The van der Waals surface area contributed by atoms with E-state index in [2.05, 4.69) is 15.3 Å². The minimum Gasteiger partial charge on any atom is -0.478 e. The van der Waals surface area contributed by atoms with Crippen LogP contribution in [0.2, 0.25) is 5.02 Å². The molecule has 0 bridgehead atoms. The molecule has 1 aromatic carbocycles. The number of halogens is 1. The van der Waals surface area contributed by atoms with E-state index in [1.165, 1.54) is 12.1 Å². The van der Waals surface area contributed by atoms with Gasteiger partial charge in [-0.15, -0.1) is 0 Å². The summed E-state index contributed by atoms with van der Waals surface area (Å²) < 4.78 is 5.41. The van der Waals surface area contributed by atoms with Gasteiger partial charge in [0.05, 0.1) is 17.2 Å². The van der Waals surface area contributed by atoms with Crippen molar-refractivity contribution >= 4 is 29.2 Å². The van der Waals surface area contributed by atoms with Crippen molar-refractivity contribution in [2.45, 2.75) is 13.3 Å². The number of hydrogen-bond acceptors (Lipinski definition) is 5. The average molecular weight is 308 g/mol. The lowest BCUT2D eigenvalue weighted by molar-refractivity contribution is 0.0697. The van der Waals surface area contributed by atoms with Crippen molar-refractivity contribution in [2.75, 3.05) is 11.9 Å². The lowest BCUT2D eigenvalue weighted by Gasteiger charge is -2.08. The van der Waals surface area contributed by atoms with Gasteiger partial charge in [-0.25, -0.2) is 9.78 Å². The second-order valence-electron chi connectivity index (χ2n) is 4.19. The van der Waals surface area contributed by atoms with Crippen LogP contribution in [-0.4, -0.2) is 27.7 Å². The number of benzene rings is 1. The molecule has 2 N–H and O–H groups in total. The average Bonchev–Trinajstić information content (AvgIpc) is 2.45. The summed E-state index contributed by atoms with van der Waals surface area (Å²) in [5.74, 6) is -0.247. The van der Waals surface area contributed by atoms with E-state index in [0.717, 1.165) is 6.42 Å². The van der Waals surface area contributed by atoms with E-state index in [4.69, 9.17) is 21.4 Å². The molecule has 7 heteroatoms. The fourth-order valence-electron chi connectivity index (χ4n) is 1.58.